The van der Waals surface area contributed by atoms with E-state index in [1.807, 2.05) is 0 Å². The minimum absolute atomic E-state index is 0.249. The van der Waals surface area contributed by atoms with Crippen LogP contribution in [0.3, 0.4) is 0 Å². The first-order valence-corrected chi connectivity index (χ1v) is 6.23. The molecule has 0 unspecified atom stereocenters. The number of aromatic nitrogens is 3. The first kappa shape index (κ1) is 15.1. The third-order valence-electron chi connectivity index (χ3n) is 3.07. The maximum atomic E-state index is 12.0. The van der Waals surface area contributed by atoms with Gasteiger partial charge in [0.05, 0.1) is 25.4 Å². The second-order valence-corrected chi connectivity index (χ2v) is 4.58. The van der Waals surface area contributed by atoms with Crippen molar-refractivity contribution in [3.8, 4) is 5.82 Å². The standard InChI is InChI=1S/C13H16N4O4/c18-6-13(7-19,8-20)16-12(21)10-1-2-11(15-5-10)17-4-3-14-9-17/h1-5,9,18-20H,6-8H2,(H,16,21). The summed E-state index contributed by atoms with van der Waals surface area (Å²) in [5, 5.41) is 29.9. The Hall–Kier alpha value is -2.29. The van der Waals surface area contributed by atoms with Crippen molar-refractivity contribution in [1.82, 2.24) is 19.9 Å². The Morgan fingerprint density at radius 1 is 1.24 bits per heavy atom. The number of hydrogen-bond donors (Lipinski definition) is 4. The van der Waals surface area contributed by atoms with Gasteiger partial charge >= 0.3 is 0 Å². The van der Waals surface area contributed by atoms with Crippen molar-refractivity contribution in [3.63, 3.8) is 0 Å². The minimum atomic E-state index is -1.46. The number of hydrogen-bond acceptors (Lipinski definition) is 6. The van der Waals surface area contributed by atoms with Gasteiger partial charge in [0.15, 0.2) is 0 Å². The summed E-state index contributed by atoms with van der Waals surface area (Å²) in [4.78, 5) is 20.1. The van der Waals surface area contributed by atoms with Crippen LogP contribution < -0.4 is 5.32 Å². The molecule has 112 valence electrons. The molecule has 0 atom stereocenters. The van der Waals surface area contributed by atoms with Crippen LogP contribution >= 0.6 is 0 Å². The van der Waals surface area contributed by atoms with E-state index in [2.05, 4.69) is 15.3 Å². The van der Waals surface area contributed by atoms with Crippen molar-refractivity contribution >= 4 is 5.91 Å². The molecule has 0 saturated carbocycles. The van der Waals surface area contributed by atoms with Crippen LogP contribution in [-0.4, -0.2) is 61.1 Å². The normalized spacial score (nSPS) is 11.4. The number of nitrogens with one attached hydrogen (secondary N) is 1. The van der Waals surface area contributed by atoms with Gasteiger partial charge in [-0.3, -0.25) is 9.36 Å². The van der Waals surface area contributed by atoms with Gasteiger partial charge in [-0.2, -0.15) is 0 Å². The first-order chi connectivity index (χ1) is 10.1. The van der Waals surface area contributed by atoms with Gasteiger partial charge in [-0.05, 0) is 12.1 Å². The van der Waals surface area contributed by atoms with E-state index in [0.29, 0.717) is 5.82 Å². The summed E-state index contributed by atoms with van der Waals surface area (Å²) in [6.45, 7) is -1.73. The number of pyridine rings is 1. The number of amides is 1. The van der Waals surface area contributed by atoms with Crippen LogP contribution in [0, 0.1) is 0 Å². The van der Waals surface area contributed by atoms with Crippen LogP contribution in [-0.2, 0) is 0 Å². The number of aliphatic hydroxyl groups is 3. The largest absolute Gasteiger partial charge is 0.394 e. The van der Waals surface area contributed by atoms with Gasteiger partial charge in [-0.15, -0.1) is 0 Å². The van der Waals surface area contributed by atoms with Crippen molar-refractivity contribution in [2.45, 2.75) is 5.54 Å². The molecule has 0 aliphatic heterocycles. The van der Waals surface area contributed by atoms with Crippen molar-refractivity contribution < 1.29 is 20.1 Å². The summed E-state index contributed by atoms with van der Waals surface area (Å²) < 4.78 is 1.68. The fourth-order valence-electron chi connectivity index (χ4n) is 1.65. The molecule has 0 fully saturated rings. The lowest BCUT2D eigenvalue weighted by Crippen LogP contribution is -2.57. The predicted octanol–water partition coefficient (Wildman–Crippen LogP) is -1.29. The van der Waals surface area contributed by atoms with Gasteiger partial charge < -0.3 is 20.6 Å². The Kier molecular flexibility index (Phi) is 4.63. The molecule has 2 aromatic heterocycles. The van der Waals surface area contributed by atoms with Crippen LogP contribution in [0.5, 0.6) is 0 Å². The molecule has 8 nitrogen and oxygen atoms in total. The average molecular weight is 292 g/mol. The zero-order valence-electron chi connectivity index (χ0n) is 11.2. The van der Waals surface area contributed by atoms with Gasteiger partial charge in [0.1, 0.15) is 17.7 Å². The van der Waals surface area contributed by atoms with E-state index < -0.39 is 31.3 Å². The van der Waals surface area contributed by atoms with Crippen molar-refractivity contribution in [3.05, 3.63) is 42.6 Å². The number of carbonyl (C=O) groups is 1. The minimum Gasteiger partial charge on any atom is -0.394 e. The molecule has 0 spiro atoms. The van der Waals surface area contributed by atoms with Crippen LogP contribution in [0.1, 0.15) is 10.4 Å². The van der Waals surface area contributed by atoms with Crippen LogP contribution in [0.15, 0.2) is 37.1 Å². The molecule has 0 aliphatic carbocycles. The SMILES string of the molecule is O=C(NC(CO)(CO)CO)c1ccc(-n2ccnc2)nc1. The molecule has 0 aromatic carbocycles. The Labute approximate surface area is 120 Å². The summed E-state index contributed by atoms with van der Waals surface area (Å²) in [5.74, 6) is 0.0543. The first-order valence-electron chi connectivity index (χ1n) is 6.23. The summed E-state index contributed by atoms with van der Waals surface area (Å²) in [6, 6.07) is 3.18. The topological polar surface area (TPSA) is 120 Å². The van der Waals surface area contributed by atoms with E-state index in [1.54, 1.807) is 35.4 Å². The second-order valence-electron chi connectivity index (χ2n) is 4.58. The summed E-state index contributed by atoms with van der Waals surface area (Å²) in [5.41, 5.74) is -1.21. The summed E-state index contributed by atoms with van der Waals surface area (Å²) in [6.07, 6.45) is 6.27. The lowest BCUT2D eigenvalue weighted by atomic mass is 10.0. The van der Waals surface area contributed by atoms with E-state index in [9.17, 15) is 20.1 Å². The predicted molar refractivity (Wildman–Crippen MR) is 72.8 cm³/mol. The monoisotopic (exact) mass is 292 g/mol. The van der Waals surface area contributed by atoms with Crippen molar-refractivity contribution in [2.24, 2.45) is 0 Å². The molecule has 0 bridgehead atoms. The molecule has 0 saturated heterocycles. The molecule has 2 aromatic rings. The van der Waals surface area contributed by atoms with Crippen LogP contribution in [0.4, 0.5) is 0 Å². The quantitative estimate of drug-likeness (QED) is 0.526. The molecule has 1 amide bonds. The van der Waals surface area contributed by atoms with E-state index >= 15 is 0 Å². The average Bonchev–Trinajstić information content (AvgIpc) is 3.07. The fraction of sp³-hybridized carbons (Fsp3) is 0.308. The third kappa shape index (κ3) is 3.24. The number of imidazole rings is 1. The maximum Gasteiger partial charge on any atom is 0.253 e. The zero-order valence-corrected chi connectivity index (χ0v) is 11.2. The molecule has 21 heavy (non-hydrogen) atoms. The van der Waals surface area contributed by atoms with Gasteiger partial charge in [0.2, 0.25) is 0 Å². The second kappa shape index (κ2) is 6.44. The molecular formula is C13H16N4O4. The molecule has 2 rings (SSSR count). The fourth-order valence-corrected chi connectivity index (χ4v) is 1.65. The number of rotatable bonds is 6. The Morgan fingerprint density at radius 3 is 2.43 bits per heavy atom. The molecule has 4 N–H and O–H groups in total. The van der Waals surface area contributed by atoms with E-state index in [0.717, 1.165) is 0 Å². The lowest BCUT2D eigenvalue weighted by molar-refractivity contribution is 0.0375. The van der Waals surface area contributed by atoms with Crippen LogP contribution in [0.25, 0.3) is 5.82 Å². The van der Waals surface area contributed by atoms with E-state index in [1.165, 1.54) is 6.20 Å². The van der Waals surface area contributed by atoms with Gasteiger partial charge in [-0.1, -0.05) is 0 Å². The number of aliphatic hydroxyl groups excluding tert-OH is 3. The molecule has 0 aliphatic rings. The molecule has 8 heteroatoms. The highest BCUT2D eigenvalue weighted by molar-refractivity contribution is 5.94. The summed E-state index contributed by atoms with van der Waals surface area (Å²) in [7, 11) is 0. The van der Waals surface area contributed by atoms with Gasteiger partial charge in [0.25, 0.3) is 5.91 Å². The van der Waals surface area contributed by atoms with Crippen molar-refractivity contribution in [1.29, 1.82) is 0 Å². The van der Waals surface area contributed by atoms with E-state index in [4.69, 9.17) is 0 Å². The Balaban J connectivity index is 2.13. The highest BCUT2D eigenvalue weighted by Crippen LogP contribution is 2.08. The Bertz CT molecular complexity index is 570. The van der Waals surface area contributed by atoms with Gasteiger partial charge in [0, 0.05) is 18.6 Å². The number of nitrogens with zero attached hydrogens (tertiary/aromatic N) is 3. The zero-order chi connectivity index (χ0) is 15.3. The van der Waals surface area contributed by atoms with Crippen molar-refractivity contribution in [2.75, 3.05) is 19.8 Å². The third-order valence-corrected chi connectivity index (χ3v) is 3.07. The maximum absolute atomic E-state index is 12.0. The van der Waals surface area contributed by atoms with Crippen LogP contribution in [0.2, 0.25) is 0 Å². The smallest absolute Gasteiger partial charge is 0.253 e. The number of carbonyl (C=O) groups excluding carboxylic acids is 1. The Morgan fingerprint density at radius 2 is 1.95 bits per heavy atom. The summed E-state index contributed by atoms with van der Waals surface area (Å²) >= 11 is 0. The highest BCUT2D eigenvalue weighted by atomic mass is 16.3. The van der Waals surface area contributed by atoms with E-state index in [-0.39, 0.29) is 5.56 Å². The molecule has 0 radical (unpaired) electrons. The molecular weight excluding hydrogens is 276 g/mol. The lowest BCUT2D eigenvalue weighted by Gasteiger charge is -2.28. The molecule has 2 heterocycles. The van der Waals surface area contributed by atoms with Gasteiger partial charge in [-0.25, -0.2) is 9.97 Å². The highest BCUT2D eigenvalue weighted by Gasteiger charge is 2.30.